The van der Waals surface area contributed by atoms with Crippen molar-refractivity contribution in [1.82, 2.24) is 15.4 Å². The van der Waals surface area contributed by atoms with Crippen LogP contribution >= 0.6 is 0 Å². The molecular formula is C30H30N4O4S. The minimum atomic E-state index is -4.12. The summed E-state index contributed by atoms with van der Waals surface area (Å²) in [5, 5.41) is 8.55. The van der Waals surface area contributed by atoms with Crippen LogP contribution in [0.4, 0.5) is 15.3 Å². The Morgan fingerprint density at radius 3 is 1.51 bits per heavy atom. The van der Waals surface area contributed by atoms with Gasteiger partial charge in [0, 0.05) is 5.69 Å². The van der Waals surface area contributed by atoms with Gasteiger partial charge in [-0.2, -0.15) is 0 Å². The van der Waals surface area contributed by atoms with Crippen molar-refractivity contribution in [2.45, 2.75) is 30.8 Å². The van der Waals surface area contributed by atoms with Crippen molar-refractivity contribution in [3.63, 3.8) is 0 Å². The summed E-state index contributed by atoms with van der Waals surface area (Å²) in [4.78, 5) is 26.2. The molecule has 39 heavy (non-hydrogen) atoms. The highest BCUT2D eigenvalue weighted by atomic mass is 32.2. The summed E-state index contributed by atoms with van der Waals surface area (Å²) >= 11 is 0. The first-order valence-electron chi connectivity index (χ1n) is 12.4. The van der Waals surface area contributed by atoms with Gasteiger partial charge in [0.2, 0.25) is 0 Å². The fourth-order valence-corrected chi connectivity index (χ4v) is 4.97. The molecule has 0 aliphatic rings. The van der Waals surface area contributed by atoms with Gasteiger partial charge in [-0.3, -0.25) is 0 Å². The highest BCUT2D eigenvalue weighted by molar-refractivity contribution is 7.90. The van der Waals surface area contributed by atoms with Crippen LogP contribution in [0.1, 0.15) is 34.3 Å². The minimum absolute atomic E-state index is 0.0327. The van der Waals surface area contributed by atoms with E-state index in [4.69, 9.17) is 0 Å². The van der Waals surface area contributed by atoms with E-state index >= 15 is 0 Å². The van der Waals surface area contributed by atoms with E-state index in [2.05, 4.69) is 20.7 Å². The van der Waals surface area contributed by atoms with Gasteiger partial charge in [-0.15, -0.1) is 0 Å². The number of amides is 4. The average molecular weight is 543 g/mol. The molecular weight excluding hydrogens is 512 g/mol. The number of carbonyl (C=O) groups is 2. The van der Waals surface area contributed by atoms with Gasteiger partial charge < -0.3 is 16.0 Å². The Morgan fingerprint density at radius 2 is 1.03 bits per heavy atom. The number of urea groups is 2. The van der Waals surface area contributed by atoms with Crippen molar-refractivity contribution >= 4 is 27.8 Å². The molecule has 0 unspecified atom stereocenters. The highest BCUT2D eigenvalue weighted by Gasteiger charge is 2.29. The number of nitrogens with one attached hydrogen (secondary N) is 4. The topological polar surface area (TPSA) is 116 Å². The number of rotatable bonds is 8. The van der Waals surface area contributed by atoms with Crippen molar-refractivity contribution in [3.05, 3.63) is 131 Å². The van der Waals surface area contributed by atoms with Crippen LogP contribution < -0.4 is 20.7 Å². The molecule has 4 amide bonds. The summed E-state index contributed by atoms with van der Waals surface area (Å²) in [6.07, 6.45) is 0. The molecule has 0 saturated carbocycles. The number of benzene rings is 4. The average Bonchev–Trinajstić information content (AvgIpc) is 2.93. The lowest BCUT2D eigenvalue weighted by Gasteiger charge is -2.30. The maximum Gasteiger partial charge on any atom is 0.329 e. The molecule has 4 aromatic carbocycles. The molecule has 0 aliphatic heterocycles. The van der Waals surface area contributed by atoms with Gasteiger partial charge in [-0.25, -0.2) is 22.7 Å². The van der Waals surface area contributed by atoms with Gasteiger partial charge in [-0.1, -0.05) is 96.1 Å². The van der Waals surface area contributed by atoms with Crippen molar-refractivity contribution < 1.29 is 18.0 Å². The largest absolute Gasteiger partial charge is 0.329 e. The van der Waals surface area contributed by atoms with Gasteiger partial charge >= 0.3 is 12.1 Å². The Balaban J connectivity index is 1.62. The molecule has 4 N–H and O–H groups in total. The fraction of sp³-hybridized carbons (Fsp3) is 0.133. The zero-order valence-corrected chi connectivity index (χ0v) is 22.4. The summed E-state index contributed by atoms with van der Waals surface area (Å²) in [7, 11) is -4.12. The monoisotopic (exact) mass is 542 g/mol. The second-order valence-corrected chi connectivity index (χ2v) is 10.8. The summed E-state index contributed by atoms with van der Waals surface area (Å²) in [6, 6.07) is 28.8. The third-order valence-electron chi connectivity index (χ3n) is 6.09. The van der Waals surface area contributed by atoms with Crippen LogP contribution in [-0.4, -0.2) is 20.5 Å². The number of carbonyl (C=O) groups excluding carboxylic acids is 2. The van der Waals surface area contributed by atoms with Crippen molar-refractivity contribution in [2.75, 3.05) is 5.32 Å². The Labute approximate surface area is 228 Å². The smallest absolute Gasteiger partial charge is 0.329 e. The van der Waals surface area contributed by atoms with Crippen LogP contribution in [-0.2, 0) is 10.0 Å². The highest BCUT2D eigenvalue weighted by Crippen LogP contribution is 2.29. The van der Waals surface area contributed by atoms with Crippen LogP contribution in [0.3, 0.4) is 0 Å². The molecule has 0 fully saturated rings. The normalized spacial score (nSPS) is 12.6. The van der Waals surface area contributed by atoms with Gasteiger partial charge in [0.25, 0.3) is 10.0 Å². The van der Waals surface area contributed by atoms with Gasteiger partial charge in [-0.05, 0) is 49.2 Å². The number of hydrogen-bond acceptors (Lipinski definition) is 4. The molecule has 0 spiro atoms. The van der Waals surface area contributed by atoms with E-state index in [0.717, 1.165) is 11.1 Å². The van der Waals surface area contributed by atoms with Crippen molar-refractivity contribution in [3.8, 4) is 0 Å². The Kier molecular flexibility index (Phi) is 8.63. The first kappa shape index (κ1) is 27.4. The van der Waals surface area contributed by atoms with Crippen molar-refractivity contribution in [2.24, 2.45) is 0 Å². The first-order chi connectivity index (χ1) is 18.7. The van der Waals surface area contributed by atoms with Gasteiger partial charge in [0.1, 0.15) is 0 Å². The third kappa shape index (κ3) is 7.45. The lowest BCUT2D eigenvalue weighted by atomic mass is 9.93. The van der Waals surface area contributed by atoms with E-state index in [1.807, 2.05) is 62.4 Å². The van der Waals surface area contributed by atoms with E-state index in [1.54, 1.807) is 48.5 Å². The zero-order chi connectivity index (χ0) is 27.8. The quantitative estimate of drug-likeness (QED) is 0.232. The number of anilines is 1. The summed E-state index contributed by atoms with van der Waals surface area (Å²) in [5.74, 6) is 0. The molecule has 9 heteroatoms. The molecule has 4 aromatic rings. The second-order valence-electron chi connectivity index (χ2n) is 9.13. The van der Waals surface area contributed by atoms with Crippen LogP contribution in [0.5, 0.6) is 0 Å². The van der Waals surface area contributed by atoms with E-state index in [9.17, 15) is 18.0 Å². The summed E-state index contributed by atoms with van der Waals surface area (Å²) in [5.41, 5.74) is 3.94. The van der Waals surface area contributed by atoms with Crippen LogP contribution in [0.15, 0.2) is 114 Å². The van der Waals surface area contributed by atoms with Gasteiger partial charge in [0.05, 0.1) is 17.0 Å². The molecule has 0 aromatic heterocycles. The van der Waals surface area contributed by atoms with Crippen LogP contribution in [0, 0.1) is 13.8 Å². The Bertz CT molecular complexity index is 1510. The Hall–Kier alpha value is -4.63. The van der Waals surface area contributed by atoms with E-state index < -0.39 is 34.2 Å². The predicted molar refractivity (Wildman–Crippen MR) is 152 cm³/mol. The standard InChI is InChI=1S/C30H30N4O4S/c1-21-13-17-25(18-14-21)31-29(35)32-27(23-9-5-3-6-10-23)28(24-11-7-4-8-12-24)33-30(36)34-39(37,38)26-19-15-22(2)16-20-26/h3-20,27-28H,1-2H3,(H2,31,32,35)(H2,33,34,36)/t27-,28-/m0/s1. The van der Waals surface area contributed by atoms with Crippen LogP contribution in [0.25, 0.3) is 0 Å². The number of sulfonamides is 1. The van der Waals surface area contributed by atoms with E-state index in [0.29, 0.717) is 16.8 Å². The SMILES string of the molecule is Cc1ccc(NC(=O)N[C@@H](c2ccccc2)[C@@H](NC(=O)NS(=O)(=O)c2ccc(C)cc2)c2ccccc2)cc1. The molecule has 4 rings (SSSR count). The number of aryl methyl sites for hydroxylation is 2. The molecule has 0 heterocycles. The Morgan fingerprint density at radius 1 is 0.590 bits per heavy atom. The zero-order valence-electron chi connectivity index (χ0n) is 21.6. The third-order valence-corrected chi connectivity index (χ3v) is 7.44. The van der Waals surface area contributed by atoms with Crippen molar-refractivity contribution in [1.29, 1.82) is 0 Å². The molecule has 200 valence electrons. The van der Waals surface area contributed by atoms with Crippen LogP contribution in [0.2, 0.25) is 0 Å². The van der Waals surface area contributed by atoms with E-state index in [-0.39, 0.29) is 4.90 Å². The fourth-order valence-electron chi connectivity index (χ4n) is 4.05. The molecule has 0 bridgehead atoms. The summed E-state index contributed by atoms with van der Waals surface area (Å²) in [6.45, 7) is 3.79. The molecule has 0 aliphatic carbocycles. The molecule has 2 atom stereocenters. The molecule has 8 nitrogen and oxygen atoms in total. The predicted octanol–water partition coefficient (Wildman–Crippen LogP) is 5.60. The second kappa shape index (κ2) is 12.3. The maximum absolute atomic E-state index is 13.1. The van der Waals surface area contributed by atoms with E-state index in [1.165, 1.54) is 12.1 Å². The lowest BCUT2D eigenvalue weighted by Crippen LogP contribution is -2.46. The number of hydrogen-bond donors (Lipinski definition) is 4. The van der Waals surface area contributed by atoms with Gasteiger partial charge in [0.15, 0.2) is 0 Å². The summed E-state index contributed by atoms with van der Waals surface area (Å²) < 4.78 is 27.8. The minimum Gasteiger partial charge on any atom is -0.329 e. The first-order valence-corrected chi connectivity index (χ1v) is 13.8. The molecule has 0 saturated heterocycles. The lowest BCUT2D eigenvalue weighted by molar-refractivity contribution is 0.232. The maximum atomic E-state index is 13.1. The molecule has 0 radical (unpaired) electrons.